The highest BCUT2D eigenvalue weighted by atomic mass is 35.5. The van der Waals surface area contributed by atoms with Crippen molar-refractivity contribution in [1.82, 2.24) is 0 Å². The summed E-state index contributed by atoms with van der Waals surface area (Å²) in [5.41, 5.74) is 5.86. The van der Waals surface area contributed by atoms with Gasteiger partial charge in [0.1, 0.15) is 0 Å². The van der Waals surface area contributed by atoms with Gasteiger partial charge in [0.05, 0.1) is 5.54 Å². The molecule has 1 rings (SSSR count). The van der Waals surface area contributed by atoms with E-state index in [1.165, 1.54) is 37.7 Å². The first-order valence-corrected chi connectivity index (χ1v) is 8.03. The van der Waals surface area contributed by atoms with Crippen LogP contribution in [0.15, 0.2) is 43.0 Å². The van der Waals surface area contributed by atoms with E-state index in [9.17, 15) is 0 Å². The quantitative estimate of drug-likeness (QED) is 0.530. The largest absolute Gasteiger partial charge is 1.00 e. The Morgan fingerprint density at radius 1 is 1.14 bits per heavy atom. The third-order valence-electron chi connectivity index (χ3n) is 4.24. The van der Waals surface area contributed by atoms with Crippen LogP contribution in [0.1, 0.15) is 64.4 Å². The van der Waals surface area contributed by atoms with Crippen LogP contribution in [0.2, 0.25) is 0 Å². The van der Waals surface area contributed by atoms with Crippen LogP contribution in [0.5, 0.6) is 0 Å². The van der Waals surface area contributed by atoms with Gasteiger partial charge in [0, 0.05) is 11.8 Å². The first-order chi connectivity index (χ1) is 9.50. The van der Waals surface area contributed by atoms with E-state index in [1.54, 1.807) is 0 Å². The maximum absolute atomic E-state index is 4.42. The van der Waals surface area contributed by atoms with Gasteiger partial charge in [0.15, 0.2) is 0 Å². The zero-order chi connectivity index (χ0) is 15.0. The molecule has 0 radical (unpaired) electrons. The highest BCUT2D eigenvalue weighted by Gasteiger charge is 2.34. The van der Waals surface area contributed by atoms with Crippen LogP contribution >= 0.6 is 0 Å². The summed E-state index contributed by atoms with van der Waals surface area (Å²) in [6, 6.07) is 10.8. The van der Waals surface area contributed by atoms with Gasteiger partial charge in [-0.15, -0.1) is 6.58 Å². The van der Waals surface area contributed by atoms with Gasteiger partial charge in [-0.1, -0.05) is 69.0 Å². The van der Waals surface area contributed by atoms with Crippen molar-refractivity contribution >= 4 is 0 Å². The van der Waals surface area contributed by atoms with Crippen molar-refractivity contribution < 1.29 is 18.1 Å². The number of allylic oxidation sites excluding steroid dienone is 1. The fourth-order valence-corrected chi connectivity index (χ4v) is 3.06. The lowest BCUT2D eigenvalue weighted by Gasteiger charge is -2.33. The van der Waals surface area contributed by atoms with Gasteiger partial charge < -0.3 is 18.1 Å². The third kappa shape index (κ3) is 6.67. The summed E-state index contributed by atoms with van der Waals surface area (Å²) in [5, 5.41) is 0. The Hall–Kier alpha value is -0.790. The molecule has 2 heteroatoms. The minimum atomic E-state index is 0. The molecular formula is C19H32ClN. The van der Waals surface area contributed by atoms with Gasteiger partial charge >= 0.3 is 0 Å². The standard InChI is InChI=1S/C19H31N.ClH/c1-5-7-8-12-15-18(19(3,4)20)17(6-2)16-13-10-9-11-14-16;/h6,9-11,13-14,17-18H,2,5,7-8,12,15,20H2,1,3-4H3;1H. The summed E-state index contributed by atoms with van der Waals surface area (Å²) in [5.74, 6) is 0.963. The van der Waals surface area contributed by atoms with Gasteiger partial charge in [-0.25, -0.2) is 0 Å². The molecule has 2 unspecified atom stereocenters. The molecule has 1 nitrogen and oxygen atoms in total. The predicted octanol–water partition coefficient (Wildman–Crippen LogP) is 1.57. The molecule has 0 aliphatic carbocycles. The van der Waals surface area contributed by atoms with E-state index in [0.29, 0.717) is 11.8 Å². The van der Waals surface area contributed by atoms with Crippen LogP contribution in [0, 0.1) is 5.92 Å². The normalized spacial score (nSPS) is 14.1. The topological polar surface area (TPSA) is 27.6 Å². The summed E-state index contributed by atoms with van der Waals surface area (Å²) in [4.78, 5) is 0. The van der Waals surface area contributed by atoms with Crippen molar-refractivity contribution in [2.45, 2.75) is 64.3 Å². The molecule has 0 heterocycles. The van der Waals surface area contributed by atoms with Crippen molar-refractivity contribution in [2.75, 3.05) is 0 Å². The molecule has 0 spiro atoms. The number of quaternary nitrogens is 1. The molecular weight excluding hydrogens is 278 g/mol. The number of benzene rings is 1. The van der Waals surface area contributed by atoms with Gasteiger partial charge in [-0.2, -0.15) is 0 Å². The molecule has 0 saturated carbocycles. The summed E-state index contributed by atoms with van der Waals surface area (Å²) in [6.07, 6.45) is 8.63. The lowest BCUT2D eigenvalue weighted by Crippen LogP contribution is -3.00. The zero-order valence-corrected chi connectivity index (χ0v) is 14.7. The van der Waals surface area contributed by atoms with E-state index >= 15 is 0 Å². The molecule has 0 aromatic heterocycles. The van der Waals surface area contributed by atoms with E-state index in [2.05, 4.69) is 69.5 Å². The highest BCUT2D eigenvalue weighted by Crippen LogP contribution is 2.35. The lowest BCUT2D eigenvalue weighted by atomic mass is 9.72. The summed E-state index contributed by atoms with van der Waals surface area (Å²) in [7, 11) is 0. The number of hydrogen-bond acceptors (Lipinski definition) is 0. The van der Waals surface area contributed by atoms with Crippen molar-refractivity contribution in [1.29, 1.82) is 0 Å². The number of halogens is 1. The van der Waals surface area contributed by atoms with Crippen LogP contribution < -0.4 is 18.1 Å². The van der Waals surface area contributed by atoms with Crippen molar-refractivity contribution in [2.24, 2.45) is 5.92 Å². The molecule has 120 valence electrons. The SMILES string of the molecule is C=CC(c1ccccc1)C(CCCCCC)C(C)(C)[NH3+].[Cl-]. The van der Waals surface area contributed by atoms with Crippen molar-refractivity contribution in [3.63, 3.8) is 0 Å². The zero-order valence-electron chi connectivity index (χ0n) is 13.9. The Labute approximate surface area is 137 Å². The minimum absolute atomic E-state index is 0. The second-order valence-corrected chi connectivity index (χ2v) is 6.62. The first-order valence-electron chi connectivity index (χ1n) is 8.03. The Balaban J connectivity index is 0.00000400. The van der Waals surface area contributed by atoms with Crippen molar-refractivity contribution in [3.8, 4) is 0 Å². The van der Waals surface area contributed by atoms with Crippen molar-refractivity contribution in [3.05, 3.63) is 48.6 Å². The average molecular weight is 310 g/mol. The second-order valence-electron chi connectivity index (χ2n) is 6.62. The smallest absolute Gasteiger partial charge is 0.0926 e. The number of unbranched alkanes of at least 4 members (excludes halogenated alkanes) is 3. The maximum atomic E-state index is 4.42. The molecule has 0 saturated heterocycles. The third-order valence-corrected chi connectivity index (χ3v) is 4.24. The second kappa shape index (κ2) is 10.0. The summed E-state index contributed by atoms with van der Waals surface area (Å²) < 4.78 is 0. The Morgan fingerprint density at radius 2 is 1.76 bits per heavy atom. The first kappa shape index (κ1) is 20.2. The molecule has 1 aromatic rings. The maximum Gasteiger partial charge on any atom is 0.0926 e. The van der Waals surface area contributed by atoms with Crippen LogP contribution in [0.4, 0.5) is 0 Å². The molecule has 0 fully saturated rings. The van der Waals surface area contributed by atoms with E-state index in [-0.39, 0.29) is 17.9 Å². The highest BCUT2D eigenvalue weighted by molar-refractivity contribution is 5.25. The van der Waals surface area contributed by atoms with E-state index in [0.717, 1.165) is 0 Å². The van der Waals surface area contributed by atoms with E-state index < -0.39 is 0 Å². The molecule has 0 bridgehead atoms. The van der Waals surface area contributed by atoms with Crippen LogP contribution in [0.3, 0.4) is 0 Å². The fraction of sp³-hybridized carbons (Fsp3) is 0.579. The molecule has 1 aromatic carbocycles. The Bertz CT molecular complexity index is 380. The Morgan fingerprint density at radius 3 is 2.24 bits per heavy atom. The van der Waals surface area contributed by atoms with Gasteiger partial charge in [0.2, 0.25) is 0 Å². The van der Waals surface area contributed by atoms with E-state index in [1.807, 2.05) is 0 Å². The average Bonchev–Trinajstić information content (AvgIpc) is 2.42. The minimum Gasteiger partial charge on any atom is -1.00 e. The molecule has 21 heavy (non-hydrogen) atoms. The number of rotatable bonds is 9. The Kier molecular flexibility index (Phi) is 9.65. The molecule has 0 aliphatic heterocycles. The summed E-state index contributed by atoms with van der Waals surface area (Å²) in [6.45, 7) is 10.9. The summed E-state index contributed by atoms with van der Waals surface area (Å²) >= 11 is 0. The monoisotopic (exact) mass is 309 g/mol. The van der Waals surface area contributed by atoms with Crippen LogP contribution in [0.25, 0.3) is 0 Å². The molecule has 3 N–H and O–H groups in total. The predicted molar refractivity (Wildman–Crippen MR) is 88.6 cm³/mol. The fourth-order valence-electron chi connectivity index (χ4n) is 3.06. The molecule has 0 amide bonds. The van der Waals surface area contributed by atoms with Crippen LogP contribution in [-0.4, -0.2) is 5.54 Å². The van der Waals surface area contributed by atoms with Gasteiger partial charge in [-0.3, -0.25) is 0 Å². The van der Waals surface area contributed by atoms with Gasteiger partial charge in [0.25, 0.3) is 0 Å². The number of hydrogen-bond donors (Lipinski definition) is 1. The molecule has 0 aliphatic rings. The van der Waals surface area contributed by atoms with Gasteiger partial charge in [-0.05, 0) is 25.8 Å². The molecule has 2 atom stereocenters. The van der Waals surface area contributed by atoms with E-state index in [4.69, 9.17) is 0 Å². The lowest BCUT2D eigenvalue weighted by molar-refractivity contribution is -0.481. The van der Waals surface area contributed by atoms with Crippen LogP contribution in [-0.2, 0) is 0 Å².